The molecule has 2 unspecified atom stereocenters. The first-order chi connectivity index (χ1) is 26.2. The number of carbonyl (C=O) groups is 1. The van der Waals surface area contributed by atoms with Crippen LogP contribution < -0.4 is 20.1 Å². The van der Waals surface area contributed by atoms with E-state index in [1.165, 1.54) is 0 Å². The van der Waals surface area contributed by atoms with Gasteiger partial charge in [0.25, 0.3) is 0 Å². The first-order valence-electron chi connectivity index (χ1n) is 18.3. The van der Waals surface area contributed by atoms with Gasteiger partial charge in [0, 0.05) is 11.5 Å². The Balaban J connectivity index is 0.998. The van der Waals surface area contributed by atoms with Gasteiger partial charge in [-0.15, -0.1) is 10.2 Å². The average Bonchev–Trinajstić information content (AvgIpc) is 3.80. The van der Waals surface area contributed by atoms with E-state index < -0.39 is 0 Å². The van der Waals surface area contributed by atoms with Gasteiger partial charge in [-0.3, -0.25) is 9.72 Å². The molecule has 10 heteroatoms. The van der Waals surface area contributed by atoms with Crippen LogP contribution in [-0.4, -0.2) is 30.4 Å². The van der Waals surface area contributed by atoms with Crippen LogP contribution in [0.4, 0.5) is 10.6 Å². The maximum absolute atomic E-state index is 13.6. The SMILES string of the molecule is Cc1ccc(-n2nc(C(C)(C)C)cc2NC(=O)NC2CCC(Oc3ccc4nnc(-c5ccccc5OCc5ccccc5)n4c3)c3ccccc32)cc1. The number of ether oxygens (including phenoxy) is 2. The van der Waals surface area contributed by atoms with Gasteiger partial charge in [-0.1, -0.05) is 105 Å². The molecule has 4 aromatic carbocycles. The predicted octanol–water partition coefficient (Wildman–Crippen LogP) is 9.54. The number of nitrogens with zero attached hydrogens (tertiary/aromatic N) is 5. The number of urea groups is 1. The summed E-state index contributed by atoms with van der Waals surface area (Å²) in [5.74, 6) is 2.69. The quantitative estimate of drug-likeness (QED) is 0.154. The molecule has 0 saturated heterocycles. The minimum Gasteiger partial charge on any atom is -0.488 e. The molecule has 8 rings (SSSR count). The molecule has 0 bridgehead atoms. The minimum absolute atomic E-state index is 0.192. The van der Waals surface area contributed by atoms with Crippen molar-refractivity contribution in [2.75, 3.05) is 5.32 Å². The van der Waals surface area contributed by atoms with Crippen LogP contribution in [0.1, 0.15) is 73.7 Å². The lowest BCUT2D eigenvalue weighted by molar-refractivity contribution is 0.171. The van der Waals surface area contributed by atoms with Crippen molar-refractivity contribution < 1.29 is 14.3 Å². The molecule has 2 atom stereocenters. The molecule has 3 aromatic heterocycles. The second kappa shape index (κ2) is 14.5. The van der Waals surface area contributed by atoms with Gasteiger partial charge in [0.15, 0.2) is 11.5 Å². The fraction of sp³-hybridized carbons (Fsp3) is 0.227. The summed E-state index contributed by atoms with van der Waals surface area (Å²) in [5, 5.41) is 20.2. The van der Waals surface area contributed by atoms with Crippen LogP contribution in [0.2, 0.25) is 0 Å². The molecule has 272 valence electrons. The van der Waals surface area contributed by atoms with Crippen LogP contribution in [0.5, 0.6) is 11.5 Å². The summed E-state index contributed by atoms with van der Waals surface area (Å²) in [7, 11) is 0. The van der Waals surface area contributed by atoms with E-state index in [0.717, 1.165) is 44.9 Å². The van der Waals surface area contributed by atoms with Crippen LogP contribution in [0.15, 0.2) is 128 Å². The molecule has 1 aliphatic carbocycles. The minimum atomic E-state index is -0.290. The summed E-state index contributed by atoms with van der Waals surface area (Å²) in [4.78, 5) is 13.6. The van der Waals surface area contributed by atoms with Gasteiger partial charge in [-0.2, -0.15) is 5.10 Å². The Labute approximate surface area is 314 Å². The lowest BCUT2D eigenvalue weighted by Gasteiger charge is -2.32. The van der Waals surface area contributed by atoms with Crippen molar-refractivity contribution in [3.63, 3.8) is 0 Å². The lowest BCUT2D eigenvalue weighted by Crippen LogP contribution is -2.36. The van der Waals surface area contributed by atoms with Crippen LogP contribution in [0, 0.1) is 6.92 Å². The Bertz CT molecular complexity index is 2410. The number of anilines is 1. The van der Waals surface area contributed by atoms with Crippen molar-refractivity contribution in [1.82, 2.24) is 29.7 Å². The molecular formula is C44H43N7O3. The van der Waals surface area contributed by atoms with Crippen LogP contribution in [0.3, 0.4) is 0 Å². The highest BCUT2D eigenvalue weighted by molar-refractivity contribution is 5.89. The molecule has 0 fully saturated rings. The maximum atomic E-state index is 13.6. The van der Waals surface area contributed by atoms with Crippen molar-refractivity contribution in [1.29, 1.82) is 0 Å². The number of nitrogens with one attached hydrogen (secondary N) is 2. The zero-order valence-electron chi connectivity index (χ0n) is 30.9. The standard InChI is InChI=1S/C44H43N7O3/c1-29-18-20-31(21-19-29)51-41(26-39(49-51)44(2,3)4)46-43(52)45-36-23-24-38(34-15-9-8-14-33(34)36)54-32-22-25-40-47-48-42(50(40)27-32)35-16-10-11-17-37(35)53-28-30-12-6-5-7-13-30/h5-22,25-27,36,38H,23-24,28H2,1-4H3,(H2,45,46,52). The number of aryl methyl sites for hydroxylation is 1. The van der Waals surface area contributed by atoms with Gasteiger partial charge in [-0.25, -0.2) is 9.48 Å². The van der Waals surface area contributed by atoms with E-state index in [4.69, 9.17) is 14.6 Å². The Morgan fingerprint density at radius 2 is 1.57 bits per heavy atom. The number of fused-ring (bicyclic) bond motifs is 2. The number of aromatic nitrogens is 5. The Morgan fingerprint density at radius 1 is 0.833 bits per heavy atom. The second-order valence-corrected chi connectivity index (χ2v) is 14.8. The molecule has 0 saturated carbocycles. The number of para-hydroxylation sites is 1. The Morgan fingerprint density at radius 3 is 2.37 bits per heavy atom. The van der Waals surface area contributed by atoms with E-state index in [1.807, 2.05) is 127 Å². The maximum Gasteiger partial charge on any atom is 0.320 e. The van der Waals surface area contributed by atoms with E-state index in [-0.39, 0.29) is 23.6 Å². The summed E-state index contributed by atoms with van der Waals surface area (Å²) in [6.45, 7) is 8.83. The van der Waals surface area contributed by atoms with Crippen LogP contribution in [0.25, 0.3) is 22.7 Å². The number of benzene rings is 4. The zero-order valence-corrected chi connectivity index (χ0v) is 30.9. The van der Waals surface area contributed by atoms with E-state index >= 15 is 0 Å². The molecule has 10 nitrogen and oxygen atoms in total. The normalized spacial score (nSPS) is 15.4. The summed E-state index contributed by atoms with van der Waals surface area (Å²) in [6, 6.07) is 39.5. The molecular weight excluding hydrogens is 675 g/mol. The van der Waals surface area contributed by atoms with Gasteiger partial charge >= 0.3 is 6.03 Å². The van der Waals surface area contributed by atoms with E-state index in [2.05, 4.69) is 53.7 Å². The van der Waals surface area contributed by atoms with Crippen molar-refractivity contribution in [3.05, 3.63) is 155 Å². The number of hydrogen-bond acceptors (Lipinski definition) is 6. The fourth-order valence-electron chi connectivity index (χ4n) is 6.85. The summed E-state index contributed by atoms with van der Waals surface area (Å²) in [6.07, 6.45) is 3.13. The van der Waals surface area contributed by atoms with Gasteiger partial charge in [0.1, 0.15) is 30.0 Å². The third kappa shape index (κ3) is 7.28. The van der Waals surface area contributed by atoms with Crippen molar-refractivity contribution >= 4 is 17.5 Å². The molecule has 0 radical (unpaired) electrons. The number of pyridine rings is 1. The second-order valence-electron chi connectivity index (χ2n) is 14.8. The lowest BCUT2D eigenvalue weighted by atomic mass is 9.85. The highest BCUT2D eigenvalue weighted by Gasteiger charge is 2.30. The average molecular weight is 718 g/mol. The molecule has 2 amide bonds. The molecule has 0 spiro atoms. The fourth-order valence-corrected chi connectivity index (χ4v) is 6.85. The molecule has 2 N–H and O–H groups in total. The first-order valence-corrected chi connectivity index (χ1v) is 18.3. The highest BCUT2D eigenvalue weighted by Crippen LogP contribution is 2.39. The Hall–Kier alpha value is -6.42. The van der Waals surface area contributed by atoms with Gasteiger partial charge in [0.2, 0.25) is 0 Å². The summed E-state index contributed by atoms with van der Waals surface area (Å²) in [5.41, 5.74) is 7.42. The first kappa shape index (κ1) is 34.7. The van der Waals surface area contributed by atoms with Crippen molar-refractivity contribution in [3.8, 4) is 28.6 Å². The summed E-state index contributed by atoms with van der Waals surface area (Å²) < 4.78 is 16.7. The number of hydrogen-bond donors (Lipinski definition) is 2. The van der Waals surface area contributed by atoms with Gasteiger partial charge in [0.05, 0.1) is 29.2 Å². The van der Waals surface area contributed by atoms with E-state index in [1.54, 1.807) is 4.68 Å². The van der Waals surface area contributed by atoms with Crippen molar-refractivity contribution in [2.24, 2.45) is 0 Å². The summed E-state index contributed by atoms with van der Waals surface area (Å²) >= 11 is 0. The molecule has 0 aliphatic heterocycles. The van der Waals surface area contributed by atoms with Crippen LogP contribution in [-0.2, 0) is 12.0 Å². The van der Waals surface area contributed by atoms with Gasteiger partial charge in [-0.05, 0) is 72.9 Å². The number of carbonyl (C=O) groups excluding carboxylic acids is 1. The molecule has 1 aliphatic rings. The van der Waals surface area contributed by atoms with Crippen molar-refractivity contribution in [2.45, 2.75) is 64.7 Å². The molecule has 54 heavy (non-hydrogen) atoms. The predicted molar refractivity (Wildman–Crippen MR) is 210 cm³/mol. The van der Waals surface area contributed by atoms with E-state index in [9.17, 15) is 4.79 Å². The topological polar surface area (TPSA) is 108 Å². The molecule has 3 heterocycles. The third-order valence-corrected chi connectivity index (χ3v) is 9.76. The monoisotopic (exact) mass is 717 g/mol. The smallest absolute Gasteiger partial charge is 0.320 e. The van der Waals surface area contributed by atoms with Gasteiger partial charge < -0.3 is 14.8 Å². The zero-order chi connectivity index (χ0) is 37.2. The third-order valence-electron chi connectivity index (χ3n) is 9.76. The Kier molecular flexibility index (Phi) is 9.33. The molecule has 7 aromatic rings. The van der Waals surface area contributed by atoms with E-state index in [0.29, 0.717) is 42.5 Å². The van der Waals surface area contributed by atoms with Crippen LogP contribution >= 0.6 is 0 Å². The highest BCUT2D eigenvalue weighted by atomic mass is 16.5. The largest absolute Gasteiger partial charge is 0.488 e. The number of amides is 2. The number of rotatable bonds is 9.